The molecule has 2 fully saturated rings. The lowest BCUT2D eigenvalue weighted by Crippen LogP contribution is -2.36. The smallest absolute Gasteiger partial charge is 0.413 e. The van der Waals surface area contributed by atoms with E-state index in [1.54, 1.807) is 0 Å². The molecule has 2 aliphatic rings. The second-order valence-electron chi connectivity index (χ2n) is 13.6. The van der Waals surface area contributed by atoms with Gasteiger partial charge in [-0.3, -0.25) is 19.8 Å². The molecule has 53 heavy (non-hydrogen) atoms. The Morgan fingerprint density at radius 1 is 0.774 bits per heavy atom. The van der Waals surface area contributed by atoms with Gasteiger partial charge in [-0.05, 0) is 31.6 Å². The van der Waals surface area contributed by atoms with Crippen molar-refractivity contribution in [3.05, 3.63) is 45.0 Å². The van der Waals surface area contributed by atoms with Crippen molar-refractivity contribution < 1.29 is 57.7 Å². The van der Waals surface area contributed by atoms with E-state index in [0.29, 0.717) is 0 Å². The van der Waals surface area contributed by atoms with Crippen LogP contribution in [0.4, 0.5) is 30.0 Å². The summed E-state index contributed by atoms with van der Waals surface area (Å²) < 4.78 is 50.8. The molecule has 2 amide bonds. The number of carbonyl (C=O) groups excluding carboxylic acids is 2. The van der Waals surface area contributed by atoms with Crippen LogP contribution in [0, 0.1) is 29.4 Å². The van der Waals surface area contributed by atoms with Crippen LogP contribution in [0.15, 0.2) is 22.0 Å². The third-order valence-corrected chi connectivity index (χ3v) is 8.92. The largest absolute Gasteiger partial charge is 0.449 e. The number of nitrogens with zero attached hydrogens (tertiary/aromatic N) is 4. The molecule has 2 saturated heterocycles. The number of rotatable bonds is 11. The molecule has 0 saturated carbocycles. The minimum absolute atomic E-state index is 0.0518. The first-order chi connectivity index (χ1) is 24.8. The molecular weight excluding hydrogens is 710 g/mol. The minimum Gasteiger partial charge on any atom is -0.449 e. The van der Waals surface area contributed by atoms with Crippen molar-refractivity contribution in [3.8, 4) is 0 Å². The summed E-state index contributed by atoms with van der Waals surface area (Å²) in [6, 6.07) is 0. The molecule has 0 unspecified atom stereocenters. The van der Waals surface area contributed by atoms with Gasteiger partial charge in [0.2, 0.25) is 0 Å². The van der Waals surface area contributed by atoms with Gasteiger partial charge >= 0.3 is 23.6 Å². The lowest BCUT2D eigenvalue weighted by molar-refractivity contribution is -0.0355. The molecule has 0 bridgehead atoms. The normalized spacial score (nSPS) is 25.5. The molecule has 18 nitrogen and oxygen atoms in total. The molecule has 0 aliphatic carbocycles. The minimum atomic E-state index is -1.42. The first kappa shape index (κ1) is 43.3. The number of nitrogens with one attached hydrogen (secondary N) is 2. The van der Waals surface area contributed by atoms with Gasteiger partial charge in [0.25, 0.3) is 0 Å². The Balaban J connectivity index is 0.000000286. The average molecular weight is 761 g/mol. The number of ether oxygens (including phenoxy) is 4. The predicted molar refractivity (Wildman–Crippen MR) is 183 cm³/mol. The standard InChI is InChI=1S/C17H26FN3O6.C16H24FN3O6/c1-7(2)13(8(3)4)27-17(25)20-14-10(18)6-21(16(24)19-14)15-12(23)11(22)9(5)26-15;1-4-9(5-2)7-25-16(24)19-13-10(17)6-20(15(23)18-13)14-12(22)11(21)8(3)26-14/h6-9,11-13,15,22-23H,1-5H3,(H,19,20,24,25);6,8-9,11-12,14,21-22H,4-5,7H2,1-3H3,(H,18,19,23,24)/t9-,11-,12-,15-;8-,11-,12-,14-/m11/s1. The van der Waals surface area contributed by atoms with Crippen molar-refractivity contribution in [1.82, 2.24) is 19.1 Å². The number of amides is 2. The number of hydrogen-bond acceptors (Lipinski definition) is 14. The summed E-state index contributed by atoms with van der Waals surface area (Å²) in [5.41, 5.74) is -1.91. The number of aliphatic hydroxyl groups excluding tert-OH is 4. The van der Waals surface area contributed by atoms with Gasteiger partial charge in [0, 0.05) is 0 Å². The van der Waals surface area contributed by atoms with Gasteiger partial charge in [0.1, 0.15) is 30.5 Å². The van der Waals surface area contributed by atoms with Crippen molar-refractivity contribution in [3.63, 3.8) is 0 Å². The van der Waals surface area contributed by atoms with E-state index in [-0.39, 0.29) is 24.4 Å². The number of halogens is 2. The molecule has 2 aliphatic heterocycles. The zero-order valence-electron chi connectivity index (χ0n) is 30.8. The van der Waals surface area contributed by atoms with Crippen LogP contribution in [-0.4, -0.2) is 101 Å². The van der Waals surface area contributed by atoms with Gasteiger partial charge in [-0.1, -0.05) is 54.4 Å². The topological polar surface area (TPSA) is 246 Å². The lowest BCUT2D eigenvalue weighted by Gasteiger charge is -2.24. The molecule has 0 spiro atoms. The fourth-order valence-electron chi connectivity index (χ4n) is 5.69. The van der Waals surface area contributed by atoms with E-state index < -0.39 is 102 Å². The highest BCUT2D eigenvalue weighted by Crippen LogP contribution is 2.29. The maximum Gasteiger partial charge on any atom is 0.413 e. The zero-order chi connectivity index (χ0) is 39.9. The highest BCUT2D eigenvalue weighted by Gasteiger charge is 2.43. The van der Waals surface area contributed by atoms with Gasteiger partial charge in [-0.2, -0.15) is 9.97 Å². The summed E-state index contributed by atoms with van der Waals surface area (Å²) in [5.74, 6) is -2.89. The maximum absolute atomic E-state index is 14.3. The van der Waals surface area contributed by atoms with Crippen LogP contribution < -0.4 is 22.0 Å². The Morgan fingerprint density at radius 3 is 1.51 bits per heavy atom. The second kappa shape index (κ2) is 18.8. The molecule has 8 atom stereocenters. The summed E-state index contributed by atoms with van der Waals surface area (Å²) in [6.07, 6.45) is -8.34. The predicted octanol–water partition coefficient (Wildman–Crippen LogP) is 2.26. The van der Waals surface area contributed by atoms with Crippen LogP contribution >= 0.6 is 0 Å². The Morgan fingerprint density at radius 2 is 1.17 bits per heavy atom. The number of anilines is 2. The molecular formula is C33H50F2N6O12. The van der Waals surface area contributed by atoms with Crippen LogP contribution in [0.1, 0.15) is 80.7 Å². The van der Waals surface area contributed by atoms with Crippen molar-refractivity contribution in [2.75, 3.05) is 17.2 Å². The van der Waals surface area contributed by atoms with Crippen molar-refractivity contribution in [1.29, 1.82) is 0 Å². The van der Waals surface area contributed by atoms with Crippen LogP contribution in [-0.2, 0) is 18.9 Å². The van der Waals surface area contributed by atoms with Crippen LogP contribution in [0.5, 0.6) is 0 Å². The van der Waals surface area contributed by atoms with Gasteiger partial charge in [0.05, 0.1) is 31.2 Å². The lowest BCUT2D eigenvalue weighted by atomic mass is 9.96. The molecule has 298 valence electrons. The fraction of sp³-hybridized carbons (Fsp3) is 0.697. The monoisotopic (exact) mass is 760 g/mol. The third kappa shape index (κ3) is 10.8. The quantitative estimate of drug-likeness (QED) is 0.193. The first-order valence-electron chi connectivity index (χ1n) is 17.3. The molecule has 4 rings (SSSR count). The highest BCUT2D eigenvalue weighted by molar-refractivity contribution is 5.83. The van der Waals surface area contributed by atoms with Gasteiger partial charge in [0.15, 0.2) is 35.7 Å². The van der Waals surface area contributed by atoms with E-state index in [2.05, 4.69) is 20.6 Å². The van der Waals surface area contributed by atoms with Crippen molar-refractivity contribution in [2.24, 2.45) is 17.8 Å². The van der Waals surface area contributed by atoms with E-state index in [4.69, 9.17) is 18.9 Å². The van der Waals surface area contributed by atoms with Crippen molar-refractivity contribution >= 4 is 23.8 Å². The van der Waals surface area contributed by atoms with Gasteiger partial charge in [-0.15, -0.1) is 0 Å². The molecule has 0 radical (unpaired) electrons. The number of aromatic nitrogens is 4. The van der Waals surface area contributed by atoms with Crippen LogP contribution in [0.2, 0.25) is 0 Å². The highest BCUT2D eigenvalue weighted by atomic mass is 19.1. The summed E-state index contributed by atoms with van der Waals surface area (Å²) in [6.45, 7) is 14.7. The van der Waals surface area contributed by atoms with Crippen molar-refractivity contribution in [2.45, 2.75) is 123 Å². The summed E-state index contributed by atoms with van der Waals surface area (Å²) in [5, 5.41) is 43.5. The zero-order valence-corrected chi connectivity index (χ0v) is 30.8. The van der Waals surface area contributed by atoms with E-state index in [0.717, 1.165) is 34.4 Å². The Labute approximate surface area is 304 Å². The number of carbonyl (C=O) groups is 2. The van der Waals surface area contributed by atoms with E-state index in [9.17, 15) is 48.4 Å². The summed E-state index contributed by atoms with van der Waals surface area (Å²) in [4.78, 5) is 55.0. The molecule has 6 N–H and O–H groups in total. The molecule has 0 aromatic carbocycles. The van der Waals surface area contributed by atoms with Gasteiger partial charge < -0.3 is 39.4 Å². The maximum atomic E-state index is 14.3. The number of hydrogen-bond donors (Lipinski definition) is 6. The van der Waals surface area contributed by atoms with E-state index >= 15 is 0 Å². The Bertz CT molecular complexity index is 1660. The van der Waals surface area contributed by atoms with Gasteiger partial charge in [-0.25, -0.2) is 28.0 Å². The molecule has 2 aromatic rings. The van der Waals surface area contributed by atoms with E-state index in [1.165, 1.54) is 13.8 Å². The van der Waals surface area contributed by atoms with Crippen LogP contribution in [0.3, 0.4) is 0 Å². The molecule has 4 heterocycles. The van der Waals surface area contributed by atoms with E-state index in [1.807, 2.05) is 41.5 Å². The van der Waals surface area contributed by atoms with Crippen LogP contribution in [0.25, 0.3) is 0 Å². The SMILES string of the molecule is CC(C)C(OC(=O)Nc1nc(=O)n([C@@H]2O[C@H](C)[C@@H](O)[C@H]2O)cc1F)C(C)C.CCC(CC)COC(=O)Nc1nc(=O)n([C@@H]2O[C@H](C)[C@@H](O)[C@H]2O)cc1F. The number of aliphatic hydroxyl groups is 4. The Hall–Kier alpha value is -4.08. The average Bonchev–Trinajstić information content (AvgIpc) is 3.50. The molecule has 2 aromatic heterocycles. The third-order valence-electron chi connectivity index (χ3n) is 8.92. The molecule has 20 heteroatoms. The second-order valence-corrected chi connectivity index (χ2v) is 13.6. The Kier molecular flexibility index (Phi) is 15.4. The summed E-state index contributed by atoms with van der Waals surface area (Å²) >= 11 is 0. The summed E-state index contributed by atoms with van der Waals surface area (Å²) in [7, 11) is 0. The first-order valence-corrected chi connectivity index (χ1v) is 17.3. The fourth-order valence-corrected chi connectivity index (χ4v) is 5.69.